The summed E-state index contributed by atoms with van der Waals surface area (Å²) in [4.78, 5) is 0. The molecule has 2 aliphatic heterocycles. The van der Waals surface area contributed by atoms with Crippen LogP contribution in [0.1, 0.15) is 13.3 Å². The van der Waals surface area contributed by atoms with E-state index in [9.17, 15) is 16.8 Å². The normalized spacial score (nSPS) is 24.2. The average Bonchev–Trinajstić information content (AvgIpc) is 2.48. The molecule has 124 valence electrons. The minimum absolute atomic E-state index is 0.123. The maximum atomic E-state index is 12.5. The van der Waals surface area contributed by atoms with E-state index in [1.165, 1.54) is 12.9 Å². The minimum Gasteiger partial charge on any atom is -0.314 e. The molecule has 0 spiro atoms. The molecule has 0 aromatic rings. The van der Waals surface area contributed by atoms with Gasteiger partial charge >= 0.3 is 0 Å². The third-order valence-corrected chi connectivity index (χ3v) is 7.89. The fourth-order valence-corrected chi connectivity index (χ4v) is 5.69. The van der Waals surface area contributed by atoms with E-state index < -0.39 is 20.2 Å². The van der Waals surface area contributed by atoms with Gasteiger partial charge in [0.1, 0.15) is 0 Å². The Hall–Kier alpha value is -0.260. The Balaban J connectivity index is 1.97. The van der Waals surface area contributed by atoms with Crippen molar-refractivity contribution in [3.8, 4) is 0 Å². The Morgan fingerprint density at radius 2 is 1.29 bits per heavy atom. The Morgan fingerprint density at radius 3 is 1.81 bits per heavy atom. The van der Waals surface area contributed by atoms with Crippen LogP contribution in [-0.4, -0.2) is 87.9 Å². The number of sulfonamides is 1. The van der Waals surface area contributed by atoms with Crippen molar-refractivity contribution < 1.29 is 16.8 Å². The van der Waals surface area contributed by atoms with E-state index in [2.05, 4.69) is 5.32 Å². The van der Waals surface area contributed by atoms with E-state index in [1.54, 1.807) is 0 Å². The smallest absolute Gasteiger partial charge is 0.282 e. The van der Waals surface area contributed by atoms with E-state index in [0.717, 1.165) is 0 Å². The number of rotatable bonds is 5. The van der Waals surface area contributed by atoms with Crippen LogP contribution in [0.4, 0.5) is 0 Å². The Labute approximate surface area is 127 Å². The predicted molar refractivity (Wildman–Crippen MR) is 80.6 cm³/mol. The van der Waals surface area contributed by atoms with Gasteiger partial charge in [-0.05, 0) is 6.42 Å². The molecule has 0 bridgehead atoms. The highest BCUT2D eigenvalue weighted by Gasteiger charge is 2.35. The van der Waals surface area contributed by atoms with Crippen LogP contribution in [0, 0.1) is 0 Å². The number of hydrogen-bond donors (Lipinski definition) is 1. The molecule has 0 unspecified atom stereocenters. The van der Waals surface area contributed by atoms with Crippen LogP contribution in [0.25, 0.3) is 0 Å². The molecular formula is C11H24N4O4S2. The van der Waals surface area contributed by atoms with Gasteiger partial charge in [-0.1, -0.05) is 6.92 Å². The molecule has 0 aliphatic carbocycles. The molecule has 2 aliphatic rings. The van der Waals surface area contributed by atoms with Crippen LogP contribution in [-0.2, 0) is 20.2 Å². The van der Waals surface area contributed by atoms with Crippen LogP contribution in [0.3, 0.4) is 0 Å². The first-order valence-electron chi connectivity index (χ1n) is 7.31. The molecule has 1 N–H and O–H groups in total. The second-order valence-electron chi connectivity index (χ2n) is 5.27. The fourth-order valence-electron chi connectivity index (χ4n) is 2.60. The summed E-state index contributed by atoms with van der Waals surface area (Å²) in [7, 11) is -6.70. The van der Waals surface area contributed by atoms with Gasteiger partial charge in [0, 0.05) is 52.4 Å². The van der Waals surface area contributed by atoms with Crippen molar-refractivity contribution in [2.24, 2.45) is 0 Å². The lowest BCUT2D eigenvalue weighted by Crippen LogP contribution is -2.57. The van der Waals surface area contributed by atoms with E-state index in [4.69, 9.17) is 0 Å². The summed E-state index contributed by atoms with van der Waals surface area (Å²) < 4.78 is 53.2. The van der Waals surface area contributed by atoms with Crippen LogP contribution in [0.5, 0.6) is 0 Å². The van der Waals surface area contributed by atoms with Crippen molar-refractivity contribution >= 4 is 20.2 Å². The third kappa shape index (κ3) is 3.93. The molecule has 2 heterocycles. The second kappa shape index (κ2) is 6.88. The number of nitrogens with one attached hydrogen (secondary N) is 1. The Bertz CT molecular complexity index is 535. The molecule has 0 atom stereocenters. The maximum absolute atomic E-state index is 12.5. The maximum Gasteiger partial charge on any atom is 0.282 e. The standard InChI is InChI=1S/C11H24N4O4S2/c1-2-11-20(16,17)13-7-9-15(10-8-13)21(18,19)14-5-3-12-4-6-14/h12H,2-11H2,1H3. The van der Waals surface area contributed by atoms with Crippen molar-refractivity contribution in [2.45, 2.75) is 13.3 Å². The molecule has 21 heavy (non-hydrogen) atoms. The van der Waals surface area contributed by atoms with Crippen LogP contribution >= 0.6 is 0 Å². The largest absolute Gasteiger partial charge is 0.314 e. The number of hydrogen-bond acceptors (Lipinski definition) is 5. The summed E-state index contributed by atoms with van der Waals surface area (Å²) in [6.07, 6.45) is 0.571. The molecule has 8 nitrogen and oxygen atoms in total. The van der Waals surface area contributed by atoms with Gasteiger partial charge in [-0.25, -0.2) is 8.42 Å². The van der Waals surface area contributed by atoms with Gasteiger partial charge in [-0.2, -0.15) is 21.3 Å². The molecule has 10 heteroatoms. The minimum atomic E-state index is -3.46. The molecule has 0 saturated carbocycles. The lowest BCUT2D eigenvalue weighted by atomic mass is 10.4. The van der Waals surface area contributed by atoms with Crippen LogP contribution in [0.2, 0.25) is 0 Å². The highest BCUT2D eigenvalue weighted by atomic mass is 32.2. The first kappa shape index (κ1) is 17.1. The molecular weight excluding hydrogens is 316 g/mol. The summed E-state index contributed by atoms with van der Waals surface area (Å²) in [5, 5.41) is 3.12. The molecule has 0 radical (unpaired) electrons. The molecule has 0 aromatic carbocycles. The fraction of sp³-hybridized carbons (Fsp3) is 1.00. The zero-order valence-electron chi connectivity index (χ0n) is 12.4. The topological polar surface area (TPSA) is 90.0 Å². The molecule has 2 saturated heterocycles. The SMILES string of the molecule is CCCS(=O)(=O)N1CCN(S(=O)(=O)N2CCNCC2)CC1. The van der Waals surface area contributed by atoms with E-state index in [0.29, 0.717) is 32.6 Å². The lowest BCUT2D eigenvalue weighted by molar-refractivity contribution is 0.248. The summed E-state index contributed by atoms with van der Waals surface area (Å²) in [6, 6.07) is 0. The lowest BCUT2D eigenvalue weighted by Gasteiger charge is -2.37. The molecule has 2 fully saturated rings. The second-order valence-corrected chi connectivity index (χ2v) is 9.29. The van der Waals surface area contributed by atoms with E-state index in [1.807, 2.05) is 6.92 Å². The van der Waals surface area contributed by atoms with Crippen molar-refractivity contribution in [1.29, 1.82) is 0 Å². The quantitative estimate of drug-likeness (QED) is 0.657. The summed E-state index contributed by atoms with van der Waals surface area (Å²) >= 11 is 0. The van der Waals surface area contributed by atoms with Gasteiger partial charge in [0.05, 0.1) is 5.75 Å². The number of piperazine rings is 2. The van der Waals surface area contributed by atoms with Gasteiger partial charge < -0.3 is 5.32 Å². The number of nitrogens with zero attached hydrogens (tertiary/aromatic N) is 3. The summed E-state index contributed by atoms with van der Waals surface area (Å²) in [5.74, 6) is 0.123. The van der Waals surface area contributed by atoms with Crippen molar-refractivity contribution in [2.75, 3.05) is 58.1 Å². The Kier molecular flexibility index (Phi) is 5.60. The highest BCUT2D eigenvalue weighted by molar-refractivity contribution is 7.89. The first-order valence-corrected chi connectivity index (χ1v) is 10.3. The average molecular weight is 340 g/mol. The summed E-state index contributed by atoms with van der Waals surface area (Å²) in [5.41, 5.74) is 0. The van der Waals surface area contributed by atoms with E-state index in [-0.39, 0.29) is 31.9 Å². The van der Waals surface area contributed by atoms with Crippen LogP contribution in [0.15, 0.2) is 0 Å². The third-order valence-electron chi connectivity index (χ3n) is 3.78. The van der Waals surface area contributed by atoms with Crippen molar-refractivity contribution in [3.63, 3.8) is 0 Å². The van der Waals surface area contributed by atoms with Crippen molar-refractivity contribution in [3.05, 3.63) is 0 Å². The van der Waals surface area contributed by atoms with Crippen LogP contribution < -0.4 is 5.32 Å². The summed E-state index contributed by atoms with van der Waals surface area (Å²) in [6.45, 7) is 5.02. The molecule has 0 amide bonds. The monoisotopic (exact) mass is 340 g/mol. The predicted octanol–water partition coefficient (Wildman–Crippen LogP) is -1.51. The van der Waals surface area contributed by atoms with Gasteiger partial charge in [-0.15, -0.1) is 0 Å². The molecule has 0 aromatic heterocycles. The van der Waals surface area contributed by atoms with E-state index >= 15 is 0 Å². The van der Waals surface area contributed by atoms with Gasteiger partial charge in [0.2, 0.25) is 10.0 Å². The van der Waals surface area contributed by atoms with Gasteiger partial charge in [0.15, 0.2) is 0 Å². The highest BCUT2D eigenvalue weighted by Crippen LogP contribution is 2.15. The zero-order chi connectivity index (χ0) is 15.5. The zero-order valence-corrected chi connectivity index (χ0v) is 14.0. The van der Waals surface area contributed by atoms with Gasteiger partial charge in [0.25, 0.3) is 10.2 Å². The van der Waals surface area contributed by atoms with Gasteiger partial charge in [-0.3, -0.25) is 0 Å². The Morgan fingerprint density at radius 1 is 0.810 bits per heavy atom. The first-order chi connectivity index (χ1) is 9.88. The molecule has 2 rings (SSSR count). The van der Waals surface area contributed by atoms with Crippen molar-refractivity contribution in [1.82, 2.24) is 18.2 Å².